The van der Waals surface area contributed by atoms with Crippen LogP contribution in [0.2, 0.25) is 18.6 Å². The number of benzene rings is 2. The molecule has 0 aromatic heterocycles. The lowest BCUT2D eigenvalue weighted by Gasteiger charge is -2.37. The number of hydrogen-bond donors (Lipinski definition) is 3. The molecule has 43 heavy (non-hydrogen) atoms. The molecule has 10 nitrogen and oxygen atoms in total. The topological polar surface area (TPSA) is 135 Å². The summed E-state index contributed by atoms with van der Waals surface area (Å²) < 4.78 is 17.0. The van der Waals surface area contributed by atoms with E-state index in [2.05, 4.69) is 37.5 Å². The maximum atomic E-state index is 14.6. The molecule has 4 rings (SSSR count). The van der Waals surface area contributed by atoms with Gasteiger partial charge in [0.15, 0.2) is 5.60 Å². The molecule has 1 spiro atoms. The molecule has 1 fully saturated rings. The molecule has 0 radical (unpaired) electrons. The van der Waals surface area contributed by atoms with E-state index in [-0.39, 0.29) is 42.5 Å². The van der Waals surface area contributed by atoms with Gasteiger partial charge >= 0.3 is 5.97 Å². The Balaban J connectivity index is 1.78. The van der Waals surface area contributed by atoms with Gasteiger partial charge in [0.05, 0.1) is 34.1 Å². The highest BCUT2D eigenvalue weighted by molar-refractivity contribution is 6.91. The number of nitrogens with one attached hydrogen (secondary N) is 1. The summed E-state index contributed by atoms with van der Waals surface area (Å²) in [6.07, 6.45) is 0.202. The van der Waals surface area contributed by atoms with Gasteiger partial charge < -0.3 is 34.6 Å². The van der Waals surface area contributed by atoms with Crippen molar-refractivity contribution in [2.45, 2.75) is 76.0 Å². The molecular formula is C32H44N2O8Si. The van der Waals surface area contributed by atoms with Gasteiger partial charge in [0, 0.05) is 36.7 Å². The number of nitrogens with zero attached hydrogens (tertiary/aromatic N) is 1. The Morgan fingerprint density at radius 1 is 1.14 bits per heavy atom. The minimum absolute atomic E-state index is 0.0279. The normalized spacial score (nSPS) is 23.8. The van der Waals surface area contributed by atoms with Gasteiger partial charge in [0.2, 0.25) is 0 Å². The third-order valence-corrected chi connectivity index (χ3v) is 13.5. The van der Waals surface area contributed by atoms with Crippen LogP contribution in [0.3, 0.4) is 0 Å². The van der Waals surface area contributed by atoms with Gasteiger partial charge in [-0.15, -0.1) is 0 Å². The van der Waals surface area contributed by atoms with Gasteiger partial charge in [-0.1, -0.05) is 37.3 Å². The standard InChI is InChI=1S/C32H44N2O8Si/c1-20-29(43(5,6)24-13-11-23(40-3)12-14-24)27(16-18-35)42-32(20)25-19-22(33-30(38)21(2)36)10-15-26(25)34(31(32)39)17-8-7-9-28(37)41-4/h10-15,19-21,27,29,35-36H,7-9,16-18H2,1-6H3,(H,33,38)/t20-,21+,27+,29-,32+/m1/s1. The number of aliphatic hydroxyl groups is 2. The summed E-state index contributed by atoms with van der Waals surface area (Å²) in [6, 6.07) is 13.4. The summed E-state index contributed by atoms with van der Waals surface area (Å²) in [7, 11) is 0.658. The summed E-state index contributed by atoms with van der Waals surface area (Å²) in [6.45, 7) is 8.29. The zero-order valence-corrected chi connectivity index (χ0v) is 26.9. The van der Waals surface area contributed by atoms with Crippen LogP contribution in [0.25, 0.3) is 0 Å². The highest BCUT2D eigenvalue weighted by atomic mass is 28.3. The first-order valence-corrected chi connectivity index (χ1v) is 18.0. The maximum absolute atomic E-state index is 14.6. The largest absolute Gasteiger partial charge is 0.497 e. The number of ether oxygens (including phenoxy) is 3. The van der Waals surface area contributed by atoms with E-state index in [9.17, 15) is 24.6 Å². The molecule has 2 heterocycles. The molecular weight excluding hydrogens is 568 g/mol. The number of rotatable bonds is 12. The molecule has 2 aliphatic rings. The molecule has 11 heteroatoms. The average molecular weight is 613 g/mol. The van der Waals surface area contributed by atoms with E-state index in [1.807, 2.05) is 12.1 Å². The molecule has 2 amide bonds. The third kappa shape index (κ3) is 6.08. The van der Waals surface area contributed by atoms with E-state index in [0.29, 0.717) is 42.7 Å². The fourth-order valence-corrected chi connectivity index (χ4v) is 11.0. The van der Waals surface area contributed by atoms with Crippen LogP contribution < -0.4 is 20.1 Å². The minimum Gasteiger partial charge on any atom is -0.497 e. The second kappa shape index (κ2) is 13.2. The quantitative estimate of drug-likeness (QED) is 0.189. The number of aliphatic hydroxyl groups excluding tert-OH is 2. The Morgan fingerprint density at radius 3 is 2.44 bits per heavy atom. The Hall–Kier alpha value is -3.25. The molecule has 0 aliphatic carbocycles. The fraction of sp³-hybridized carbons (Fsp3) is 0.531. The number of methoxy groups -OCH3 is 2. The molecule has 0 saturated carbocycles. The van der Waals surface area contributed by atoms with Crippen LogP contribution in [0.5, 0.6) is 5.75 Å². The van der Waals surface area contributed by atoms with Crippen molar-refractivity contribution in [1.82, 2.24) is 0 Å². The fourth-order valence-electron chi connectivity index (χ4n) is 6.90. The van der Waals surface area contributed by atoms with Gasteiger partial charge in [-0.3, -0.25) is 14.4 Å². The second-order valence-corrected chi connectivity index (χ2v) is 16.7. The van der Waals surface area contributed by atoms with Crippen LogP contribution in [-0.4, -0.2) is 75.6 Å². The number of carbonyl (C=O) groups excluding carboxylic acids is 3. The number of amides is 2. The SMILES string of the molecule is COC(=O)CCCCN1C(=O)[C@@]2(O[C@@H](CCO)[C@H]([Si](C)(C)c3ccc(OC)cc3)[C@H]2C)c2cc(NC(=O)[C@H](C)O)ccc21. The van der Waals surface area contributed by atoms with Crippen LogP contribution in [0.15, 0.2) is 42.5 Å². The molecule has 2 aromatic carbocycles. The lowest BCUT2D eigenvalue weighted by atomic mass is 9.82. The lowest BCUT2D eigenvalue weighted by Crippen LogP contribution is -2.52. The molecule has 3 N–H and O–H groups in total. The Bertz CT molecular complexity index is 1330. The Morgan fingerprint density at radius 2 is 1.84 bits per heavy atom. The summed E-state index contributed by atoms with van der Waals surface area (Å²) in [5.41, 5.74) is 0.447. The third-order valence-electron chi connectivity index (χ3n) is 9.14. The number of hydrogen-bond acceptors (Lipinski definition) is 8. The molecule has 1 saturated heterocycles. The van der Waals surface area contributed by atoms with Crippen LogP contribution in [0.4, 0.5) is 11.4 Å². The van der Waals surface area contributed by atoms with E-state index >= 15 is 0 Å². The van der Waals surface area contributed by atoms with E-state index in [1.54, 1.807) is 30.2 Å². The van der Waals surface area contributed by atoms with Crippen LogP contribution >= 0.6 is 0 Å². The van der Waals surface area contributed by atoms with Crippen LogP contribution in [0.1, 0.15) is 45.1 Å². The summed E-state index contributed by atoms with van der Waals surface area (Å²) >= 11 is 0. The van der Waals surface area contributed by atoms with Crippen molar-refractivity contribution >= 4 is 42.4 Å². The molecule has 2 aliphatic heterocycles. The van der Waals surface area contributed by atoms with Crippen molar-refractivity contribution < 1.29 is 38.8 Å². The van der Waals surface area contributed by atoms with E-state index < -0.39 is 25.7 Å². The molecule has 0 unspecified atom stereocenters. The number of unbranched alkanes of at least 4 members (excludes halogenated alkanes) is 1. The Labute approximate surface area is 254 Å². The van der Waals surface area contributed by atoms with Gasteiger partial charge in [-0.2, -0.15) is 0 Å². The predicted molar refractivity (Wildman–Crippen MR) is 166 cm³/mol. The average Bonchev–Trinajstić information content (AvgIpc) is 3.41. The monoisotopic (exact) mass is 612 g/mol. The molecule has 234 valence electrons. The zero-order chi connectivity index (χ0) is 31.5. The van der Waals surface area contributed by atoms with Crippen molar-refractivity contribution in [3.05, 3.63) is 48.0 Å². The van der Waals surface area contributed by atoms with Crippen molar-refractivity contribution in [3.63, 3.8) is 0 Å². The summed E-state index contributed by atoms with van der Waals surface area (Å²) in [4.78, 5) is 40.3. The van der Waals surface area contributed by atoms with Crippen molar-refractivity contribution in [1.29, 1.82) is 0 Å². The first-order chi connectivity index (χ1) is 20.4. The summed E-state index contributed by atoms with van der Waals surface area (Å²) in [5, 5.41) is 23.8. The van der Waals surface area contributed by atoms with Gasteiger partial charge in [-0.05, 0) is 62.1 Å². The first kappa shape index (κ1) is 32.7. The van der Waals surface area contributed by atoms with E-state index in [1.165, 1.54) is 19.2 Å². The van der Waals surface area contributed by atoms with Crippen molar-refractivity contribution in [2.75, 3.05) is 37.6 Å². The van der Waals surface area contributed by atoms with Crippen LogP contribution in [-0.2, 0) is 29.5 Å². The highest BCUT2D eigenvalue weighted by Crippen LogP contribution is 2.60. The first-order valence-electron chi connectivity index (χ1n) is 14.9. The molecule has 5 atom stereocenters. The van der Waals surface area contributed by atoms with Gasteiger partial charge in [-0.25, -0.2) is 0 Å². The minimum atomic E-state index is -2.33. The van der Waals surface area contributed by atoms with Crippen molar-refractivity contribution in [3.8, 4) is 5.75 Å². The number of esters is 1. The maximum Gasteiger partial charge on any atom is 0.305 e. The molecule has 2 aromatic rings. The zero-order valence-electron chi connectivity index (χ0n) is 25.9. The number of fused-ring (bicyclic) bond motifs is 2. The smallest absolute Gasteiger partial charge is 0.305 e. The van der Waals surface area contributed by atoms with E-state index in [0.717, 1.165) is 5.75 Å². The highest BCUT2D eigenvalue weighted by Gasteiger charge is 2.66. The Kier molecular flexibility index (Phi) is 10.0. The van der Waals surface area contributed by atoms with Gasteiger partial charge in [0.25, 0.3) is 11.8 Å². The summed E-state index contributed by atoms with van der Waals surface area (Å²) in [5.74, 6) is -0.528. The van der Waals surface area contributed by atoms with Gasteiger partial charge in [0.1, 0.15) is 11.9 Å². The predicted octanol–water partition coefficient (Wildman–Crippen LogP) is 3.30. The lowest BCUT2D eigenvalue weighted by molar-refractivity contribution is -0.146. The van der Waals surface area contributed by atoms with Crippen LogP contribution in [0, 0.1) is 5.92 Å². The number of carbonyl (C=O) groups is 3. The number of anilines is 2. The van der Waals surface area contributed by atoms with Crippen molar-refractivity contribution in [2.24, 2.45) is 5.92 Å². The molecule has 0 bridgehead atoms. The second-order valence-electron chi connectivity index (χ2n) is 12.1. The van der Waals surface area contributed by atoms with E-state index in [4.69, 9.17) is 14.2 Å².